The van der Waals surface area contributed by atoms with E-state index < -0.39 is 0 Å². The third-order valence-electron chi connectivity index (χ3n) is 3.15. The molecule has 0 amide bonds. The molecule has 1 heterocycles. The van der Waals surface area contributed by atoms with Crippen LogP contribution in [0, 0.1) is 5.92 Å². The molecule has 17 heavy (non-hydrogen) atoms. The number of nitrogens with zero attached hydrogens (tertiary/aromatic N) is 1. The first-order valence-corrected chi connectivity index (χ1v) is 6.35. The highest BCUT2D eigenvalue weighted by atomic mass is 16.5. The fraction of sp³-hybridized carbons (Fsp3) is 0.917. The molecule has 1 aliphatic heterocycles. The number of piperidine rings is 1. The number of hydrogen-bond acceptors (Lipinski definition) is 5. The molecule has 2 unspecified atom stereocenters. The van der Waals surface area contributed by atoms with Crippen molar-refractivity contribution in [1.29, 1.82) is 0 Å². The lowest BCUT2D eigenvalue weighted by Crippen LogP contribution is -2.51. The molecule has 0 radical (unpaired) electrons. The van der Waals surface area contributed by atoms with Gasteiger partial charge in [0.25, 0.3) is 0 Å². The van der Waals surface area contributed by atoms with E-state index in [9.17, 15) is 4.79 Å². The number of carbonyl (C=O) groups excluding carboxylic acids is 1. The monoisotopic (exact) mass is 244 g/mol. The Morgan fingerprint density at radius 3 is 2.88 bits per heavy atom. The van der Waals surface area contributed by atoms with E-state index in [4.69, 9.17) is 9.84 Å². The van der Waals surface area contributed by atoms with Gasteiger partial charge in [-0.3, -0.25) is 4.79 Å². The van der Waals surface area contributed by atoms with Crippen molar-refractivity contribution in [3.63, 3.8) is 0 Å². The number of aliphatic hydroxyl groups is 1. The van der Waals surface area contributed by atoms with Crippen LogP contribution in [0.2, 0.25) is 0 Å². The predicted molar refractivity (Wildman–Crippen MR) is 65.7 cm³/mol. The highest BCUT2D eigenvalue weighted by molar-refractivity contribution is 5.72. The fourth-order valence-electron chi connectivity index (χ4n) is 2.44. The van der Waals surface area contributed by atoms with Crippen molar-refractivity contribution in [2.75, 3.05) is 39.9 Å². The molecular formula is C12H24N2O3. The van der Waals surface area contributed by atoms with E-state index in [1.807, 2.05) is 0 Å². The first-order chi connectivity index (χ1) is 8.21. The second-order valence-corrected chi connectivity index (χ2v) is 4.59. The minimum absolute atomic E-state index is 0.0449. The molecule has 0 bridgehead atoms. The summed E-state index contributed by atoms with van der Waals surface area (Å²) in [6.45, 7) is 5.59. The quantitative estimate of drug-likeness (QED) is 0.636. The third-order valence-corrected chi connectivity index (χ3v) is 3.15. The van der Waals surface area contributed by atoms with Crippen LogP contribution < -0.4 is 5.32 Å². The number of hydrogen-bond donors (Lipinski definition) is 2. The summed E-state index contributed by atoms with van der Waals surface area (Å²) in [7, 11) is 1.44. The number of esters is 1. The molecule has 5 nitrogen and oxygen atoms in total. The molecule has 0 aliphatic carbocycles. The Kier molecular flexibility index (Phi) is 6.47. The summed E-state index contributed by atoms with van der Waals surface area (Å²) in [6.07, 6.45) is 1.88. The Morgan fingerprint density at radius 1 is 1.53 bits per heavy atom. The Bertz CT molecular complexity index is 236. The van der Waals surface area contributed by atoms with E-state index in [0.29, 0.717) is 6.54 Å². The van der Waals surface area contributed by atoms with Crippen LogP contribution in [0.5, 0.6) is 0 Å². The summed E-state index contributed by atoms with van der Waals surface area (Å²) < 4.78 is 4.83. The zero-order valence-electron chi connectivity index (χ0n) is 10.8. The number of methoxy groups -OCH3 is 1. The number of rotatable bonds is 6. The molecule has 0 aromatic heterocycles. The van der Waals surface area contributed by atoms with Crippen molar-refractivity contribution in [2.24, 2.45) is 5.92 Å². The van der Waals surface area contributed by atoms with Gasteiger partial charge in [0.05, 0.1) is 19.6 Å². The maximum atomic E-state index is 11.6. The third kappa shape index (κ3) is 4.61. The summed E-state index contributed by atoms with van der Waals surface area (Å²) in [5, 5.41) is 12.1. The van der Waals surface area contributed by atoms with Gasteiger partial charge in [-0.25, -0.2) is 0 Å². The van der Waals surface area contributed by atoms with Gasteiger partial charge in [0.15, 0.2) is 0 Å². The van der Waals surface area contributed by atoms with Gasteiger partial charge in [0.1, 0.15) is 0 Å². The van der Waals surface area contributed by atoms with Crippen LogP contribution in [0.15, 0.2) is 0 Å². The predicted octanol–water partition coefficient (Wildman–Crippen LogP) is -0.158. The summed E-state index contributed by atoms with van der Waals surface area (Å²) >= 11 is 0. The number of likely N-dealkylation sites (tertiary alicyclic amines) is 1. The maximum Gasteiger partial charge on any atom is 0.310 e. The highest BCUT2D eigenvalue weighted by Crippen LogP contribution is 2.18. The van der Waals surface area contributed by atoms with E-state index >= 15 is 0 Å². The normalized spacial score (nSPS) is 25.8. The van der Waals surface area contributed by atoms with Gasteiger partial charge < -0.3 is 20.1 Å². The molecule has 2 N–H and O–H groups in total. The van der Waals surface area contributed by atoms with Gasteiger partial charge in [-0.2, -0.15) is 0 Å². The van der Waals surface area contributed by atoms with Crippen molar-refractivity contribution in [2.45, 2.75) is 25.8 Å². The van der Waals surface area contributed by atoms with Crippen molar-refractivity contribution >= 4 is 5.97 Å². The molecule has 5 heteroatoms. The lowest BCUT2D eigenvalue weighted by atomic mass is 9.94. The van der Waals surface area contributed by atoms with Crippen LogP contribution in [0.3, 0.4) is 0 Å². The van der Waals surface area contributed by atoms with Gasteiger partial charge in [-0.1, -0.05) is 6.92 Å². The summed E-state index contributed by atoms with van der Waals surface area (Å²) in [6, 6.07) is 0.270. The lowest BCUT2D eigenvalue weighted by molar-refractivity contribution is -0.147. The van der Waals surface area contributed by atoms with Crippen LogP contribution in [0.1, 0.15) is 19.8 Å². The molecular weight excluding hydrogens is 220 g/mol. The number of aliphatic hydroxyl groups excluding tert-OH is 1. The van der Waals surface area contributed by atoms with Gasteiger partial charge >= 0.3 is 5.97 Å². The van der Waals surface area contributed by atoms with Crippen molar-refractivity contribution < 1.29 is 14.6 Å². The Hall–Kier alpha value is -0.650. The van der Waals surface area contributed by atoms with E-state index in [2.05, 4.69) is 17.1 Å². The molecule has 1 aliphatic rings. The van der Waals surface area contributed by atoms with Gasteiger partial charge in [0.2, 0.25) is 0 Å². The Balaban J connectivity index is 2.52. The number of nitrogens with one attached hydrogen (secondary N) is 1. The van der Waals surface area contributed by atoms with Crippen LogP contribution in [-0.4, -0.2) is 61.9 Å². The molecule has 1 rings (SSSR count). The van der Waals surface area contributed by atoms with Crippen LogP contribution in [0.4, 0.5) is 0 Å². The minimum Gasteiger partial charge on any atom is -0.469 e. The first kappa shape index (κ1) is 14.4. The van der Waals surface area contributed by atoms with Crippen molar-refractivity contribution in [1.82, 2.24) is 10.2 Å². The summed E-state index contributed by atoms with van der Waals surface area (Å²) in [5.41, 5.74) is 0. The van der Waals surface area contributed by atoms with E-state index in [1.165, 1.54) is 7.11 Å². The maximum absolute atomic E-state index is 11.6. The first-order valence-electron chi connectivity index (χ1n) is 6.35. The number of ether oxygens (including phenoxy) is 1. The Labute approximate surface area is 103 Å². The molecule has 0 aromatic carbocycles. The fourth-order valence-corrected chi connectivity index (χ4v) is 2.44. The molecule has 0 saturated carbocycles. The average molecular weight is 244 g/mol. The largest absolute Gasteiger partial charge is 0.469 e. The number of carbonyl (C=O) groups is 1. The SMILES string of the molecule is CCCN1CC(NCCO)CC(C(=O)OC)C1. The van der Waals surface area contributed by atoms with Crippen LogP contribution in [-0.2, 0) is 9.53 Å². The Morgan fingerprint density at radius 2 is 2.29 bits per heavy atom. The molecule has 0 spiro atoms. The standard InChI is InChI=1S/C12H24N2O3/c1-3-5-14-8-10(12(16)17-2)7-11(9-14)13-4-6-15/h10-11,13,15H,3-9H2,1-2H3. The van der Waals surface area contributed by atoms with Gasteiger partial charge in [-0.15, -0.1) is 0 Å². The second-order valence-electron chi connectivity index (χ2n) is 4.59. The molecule has 1 fully saturated rings. The zero-order chi connectivity index (χ0) is 12.7. The average Bonchev–Trinajstić information content (AvgIpc) is 2.35. The van der Waals surface area contributed by atoms with Gasteiger partial charge in [-0.05, 0) is 19.4 Å². The second kappa shape index (κ2) is 7.63. The van der Waals surface area contributed by atoms with Crippen molar-refractivity contribution in [3.05, 3.63) is 0 Å². The highest BCUT2D eigenvalue weighted by Gasteiger charge is 2.31. The zero-order valence-corrected chi connectivity index (χ0v) is 10.8. The smallest absolute Gasteiger partial charge is 0.310 e. The van der Waals surface area contributed by atoms with Crippen LogP contribution in [0.25, 0.3) is 0 Å². The molecule has 0 aromatic rings. The van der Waals surface area contributed by atoms with Crippen LogP contribution >= 0.6 is 0 Å². The lowest BCUT2D eigenvalue weighted by Gasteiger charge is -2.36. The molecule has 2 atom stereocenters. The molecule has 1 saturated heterocycles. The van der Waals surface area contributed by atoms with Gasteiger partial charge in [0, 0.05) is 25.7 Å². The van der Waals surface area contributed by atoms with E-state index in [0.717, 1.165) is 32.5 Å². The molecule has 100 valence electrons. The van der Waals surface area contributed by atoms with E-state index in [-0.39, 0.29) is 24.5 Å². The minimum atomic E-state index is -0.124. The summed E-state index contributed by atoms with van der Waals surface area (Å²) in [5.74, 6) is -0.168. The summed E-state index contributed by atoms with van der Waals surface area (Å²) in [4.78, 5) is 13.9. The topological polar surface area (TPSA) is 61.8 Å². The van der Waals surface area contributed by atoms with E-state index in [1.54, 1.807) is 0 Å². The van der Waals surface area contributed by atoms with Crippen molar-refractivity contribution in [3.8, 4) is 0 Å².